The van der Waals surface area contributed by atoms with E-state index in [2.05, 4.69) is 14.8 Å². The minimum absolute atomic E-state index is 0.148. The molecule has 9 nitrogen and oxygen atoms in total. The maximum Gasteiger partial charge on any atom is 0.252 e. The molecule has 2 saturated heterocycles. The molecule has 0 spiro atoms. The third-order valence-electron chi connectivity index (χ3n) is 7.04. The van der Waals surface area contributed by atoms with Gasteiger partial charge < -0.3 is 29.7 Å². The van der Waals surface area contributed by atoms with Gasteiger partial charge in [0.1, 0.15) is 11.9 Å². The van der Waals surface area contributed by atoms with Crippen LogP contribution < -0.4 is 20.1 Å². The van der Waals surface area contributed by atoms with Crippen molar-refractivity contribution in [3.05, 3.63) is 12.1 Å². The van der Waals surface area contributed by atoms with Crippen molar-refractivity contribution in [3.63, 3.8) is 0 Å². The van der Waals surface area contributed by atoms with Crippen LogP contribution in [0.1, 0.15) is 38.5 Å². The number of hydrogen-bond donors (Lipinski definition) is 1. The van der Waals surface area contributed by atoms with E-state index in [-0.39, 0.29) is 24.1 Å². The monoisotopic (exact) mass is 441 g/mol. The van der Waals surface area contributed by atoms with Gasteiger partial charge in [0.05, 0.1) is 31.8 Å². The van der Waals surface area contributed by atoms with Crippen molar-refractivity contribution in [2.75, 3.05) is 44.5 Å². The van der Waals surface area contributed by atoms with E-state index in [9.17, 15) is 4.79 Å². The van der Waals surface area contributed by atoms with Gasteiger partial charge in [0.25, 0.3) is 5.91 Å². The maximum atomic E-state index is 13.2. The highest BCUT2D eigenvalue weighted by molar-refractivity contribution is 5.92. The lowest BCUT2D eigenvalue weighted by Crippen LogP contribution is -2.63. The number of rotatable bonds is 4. The quantitative estimate of drug-likeness (QED) is 0.771. The van der Waals surface area contributed by atoms with Gasteiger partial charge in [0, 0.05) is 31.1 Å². The molecule has 1 saturated carbocycles. The lowest BCUT2D eigenvalue weighted by atomic mass is 9.86. The van der Waals surface area contributed by atoms with E-state index in [0.29, 0.717) is 43.0 Å². The third-order valence-corrected chi connectivity index (χ3v) is 7.04. The average molecular weight is 442 g/mol. The molecule has 2 aliphatic heterocycles. The molecule has 1 amide bonds. The number of aromatic nitrogens is 2. The topological polar surface area (TPSA) is 103 Å². The Morgan fingerprint density at radius 1 is 1.03 bits per heavy atom. The van der Waals surface area contributed by atoms with Gasteiger partial charge in [0.15, 0.2) is 11.5 Å². The molecular formula is C23H31N5O4. The first kappa shape index (κ1) is 21.1. The Kier molecular flexibility index (Phi) is 5.67. The highest BCUT2D eigenvalue weighted by Crippen LogP contribution is 2.37. The molecule has 32 heavy (non-hydrogen) atoms. The molecule has 3 atom stereocenters. The highest BCUT2D eigenvalue weighted by Gasteiger charge is 2.43. The number of methoxy groups -OCH3 is 2. The largest absolute Gasteiger partial charge is 0.493 e. The summed E-state index contributed by atoms with van der Waals surface area (Å²) < 4.78 is 16.5. The molecular weight excluding hydrogens is 410 g/mol. The van der Waals surface area contributed by atoms with Crippen LogP contribution in [0.2, 0.25) is 0 Å². The van der Waals surface area contributed by atoms with E-state index < -0.39 is 0 Å². The molecule has 1 aliphatic carbocycles. The number of fused-ring (bicyclic) bond motifs is 2. The average Bonchev–Trinajstić information content (AvgIpc) is 3.37. The summed E-state index contributed by atoms with van der Waals surface area (Å²) in [6, 6.07) is 3.99. The number of ether oxygens (including phenoxy) is 3. The van der Waals surface area contributed by atoms with Gasteiger partial charge >= 0.3 is 0 Å². The van der Waals surface area contributed by atoms with E-state index in [0.717, 1.165) is 49.4 Å². The highest BCUT2D eigenvalue weighted by atomic mass is 16.5. The van der Waals surface area contributed by atoms with Crippen LogP contribution in [-0.2, 0) is 9.53 Å². The Balaban J connectivity index is 1.47. The van der Waals surface area contributed by atoms with E-state index in [1.54, 1.807) is 14.2 Å². The normalized spacial score (nSPS) is 25.6. The molecule has 2 N–H and O–H groups in total. The van der Waals surface area contributed by atoms with Crippen LogP contribution in [-0.4, -0.2) is 72.9 Å². The number of benzene rings is 1. The van der Waals surface area contributed by atoms with E-state index in [1.807, 2.05) is 12.1 Å². The summed E-state index contributed by atoms with van der Waals surface area (Å²) in [5.41, 5.74) is 7.07. The first-order valence-electron chi connectivity index (χ1n) is 11.5. The summed E-state index contributed by atoms with van der Waals surface area (Å²) in [6.45, 7) is 2.01. The van der Waals surface area contributed by atoms with Crippen molar-refractivity contribution < 1.29 is 19.0 Å². The second-order valence-corrected chi connectivity index (χ2v) is 8.78. The first-order chi connectivity index (χ1) is 15.6. The first-order valence-corrected chi connectivity index (χ1v) is 11.5. The minimum Gasteiger partial charge on any atom is -0.493 e. The second-order valence-electron chi connectivity index (χ2n) is 8.78. The number of carbonyl (C=O) groups excluding carboxylic acids is 1. The van der Waals surface area contributed by atoms with Crippen molar-refractivity contribution in [3.8, 4) is 11.5 Å². The number of carbonyl (C=O) groups is 1. The smallest absolute Gasteiger partial charge is 0.252 e. The summed E-state index contributed by atoms with van der Waals surface area (Å²) in [5, 5.41) is 0.735. The van der Waals surface area contributed by atoms with Crippen LogP contribution in [0.15, 0.2) is 12.1 Å². The molecule has 5 rings (SSSR count). The van der Waals surface area contributed by atoms with Gasteiger partial charge in [0.2, 0.25) is 5.95 Å². The van der Waals surface area contributed by atoms with Crippen LogP contribution in [0.4, 0.5) is 11.8 Å². The number of hydrogen-bond acceptors (Lipinski definition) is 8. The molecule has 0 bridgehead atoms. The number of anilines is 2. The van der Waals surface area contributed by atoms with Crippen molar-refractivity contribution in [2.45, 2.75) is 56.7 Å². The summed E-state index contributed by atoms with van der Waals surface area (Å²) in [6.07, 6.45) is 5.77. The Morgan fingerprint density at radius 3 is 2.50 bits per heavy atom. The fourth-order valence-electron chi connectivity index (χ4n) is 5.44. The van der Waals surface area contributed by atoms with Crippen LogP contribution >= 0.6 is 0 Å². The Labute approximate surface area is 187 Å². The molecule has 3 fully saturated rings. The van der Waals surface area contributed by atoms with E-state index >= 15 is 0 Å². The van der Waals surface area contributed by atoms with Gasteiger partial charge in [-0.15, -0.1) is 0 Å². The van der Waals surface area contributed by atoms with Crippen LogP contribution in [0.3, 0.4) is 0 Å². The van der Waals surface area contributed by atoms with Gasteiger partial charge in [-0.1, -0.05) is 12.8 Å². The number of piperazine rings is 1. The van der Waals surface area contributed by atoms with Gasteiger partial charge in [-0.2, -0.15) is 4.98 Å². The summed E-state index contributed by atoms with van der Waals surface area (Å²) in [4.78, 5) is 27.0. The molecule has 3 heterocycles. The Hall–Kier alpha value is -2.81. The van der Waals surface area contributed by atoms with E-state index in [1.165, 1.54) is 0 Å². The standard InChI is InChI=1S/C23H31N5O4/c1-30-19-12-14-15(13-20(19)31-2)25-23(26-21(14)24)28-10-9-27(16-6-3-4-7-17(16)28)22(29)18-8-5-11-32-18/h12-13,16-18H,3-11H2,1-2H3,(H2,24,25,26)/t16-,17+,18?/m1/s1. The molecule has 1 aromatic heterocycles. The predicted octanol–water partition coefficient (Wildman–Crippen LogP) is 2.37. The lowest BCUT2D eigenvalue weighted by molar-refractivity contribution is -0.145. The molecule has 172 valence electrons. The molecule has 2 aromatic rings. The van der Waals surface area contributed by atoms with Crippen LogP contribution in [0.5, 0.6) is 11.5 Å². The number of amides is 1. The van der Waals surface area contributed by atoms with E-state index in [4.69, 9.17) is 24.9 Å². The fraction of sp³-hybridized carbons (Fsp3) is 0.609. The zero-order valence-electron chi connectivity index (χ0n) is 18.7. The SMILES string of the molecule is COc1cc2nc(N3CCN(C(=O)C4CCCO4)[C@@H]4CCCC[C@@H]43)nc(N)c2cc1OC. The second kappa shape index (κ2) is 8.61. The zero-order valence-corrected chi connectivity index (χ0v) is 18.7. The molecule has 1 aromatic carbocycles. The van der Waals surface area contributed by atoms with Crippen molar-refractivity contribution in [1.82, 2.24) is 14.9 Å². The number of nitrogens with zero attached hydrogens (tertiary/aromatic N) is 4. The summed E-state index contributed by atoms with van der Waals surface area (Å²) in [7, 11) is 3.20. The fourth-order valence-corrected chi connectivity index (χ4v) is 5.44. The van der Waals surface area contributed by atoms with Gasteiger partial charge in [-0.25, -0.2) is 4.98 Å². The number of nitrogens with two attached hydrogens (primary N) is 1. The lowest BCUT2D eigenvalue weighted by Gasteiger charge is -2.50. The summed E-state index contributed by atoms with van der Waals surface area (Å²) in [5.74, 6) is 2.37. The van der Waals surface area contributed by atoms with Crippen molar-refractivity contribution in [2.24, 2.45) is 0 Å². The molecule has 9 heteroatoms. The maximum absolute atomic E-state index is 13.2. The third kappa shape index (κ3) is 3.58. The molecule has 0 radical (unpaired) electrons. The number of nitrogen functional groups attached to an aromatic ring is 1. The molecule has 3 aliphatic rings. The summed E-state index contributed by atoms with van der Waals surface area (Å²) >= 11 is 0. The zero-order chi connectivity index (χ0) is 22.2. The minimum atomic E-state index is -0.279. The van der Waals surface area contributed by atoms with Gasteiger partial charge in [-0.3, -0.25) is 4.79 Å². The Bertz CT molecular complexity index is 1010. The van der Waals surface area contributed by atoms with Crippen molar-refractivity contribution >= 4 is 28.6 Å². The predicted molar refractivity (Wildman–Crippen MR) is 121 cm³/mol. The van der Waals surface area contributed by atoms with Crippen LogP contribution in [0, 0.1) is 0 Å². The molecule has 1 unspecified atom stereocenters. The Morgan fingerprint density at radius 2 is 1.78 bits per heavy atom. The van der Waals surface area contributed by atoms with Crippen LogP contribution in [0.25, 0.3) is 10.9 Å². The van der Waals surface area contributed by atoms with Gasteiger partial charge in [-0.05, 0) is 31.7 Å². The van der Waals surface area contributed by atoms with Crippen molar-refractivity contribution in [1.29, 1.82) is 0 Å².